The molecule has 0 fully saturated rings. The third-order valence-electron chi connectivity index (χ3n) is 5.84. The molecule has 0 saturated carbocycles. The van der Waals surface area contributed by atoms with Crippen LogP contribution in [0.15, 0.2) is 82.4 Å². The smallest absolute Gasteiger partial charge is 0.275 e. The summed E-state index contributed by atoms with van der Waals surface area (Å²) in [6.07, 6.45) is 0. The summed E-state index contributed by atoms with van der Waals surface area (Å²) >= 11 is 1.38. The molecule has 0 bridgehead atoms. The summed E-state index contributed by atoms with van der Waals surface area (Å²) in [5.74, 6) is 0.962. The zero-order chi connectivity index (χ0) is 25.9. The van der Waals surface area contributed by atoms with Gasteiger partial charge in [-0.2, -0.15) is 5.10 Å². The minimum absolute atomic E-state index is 0.168. The first-order valence-corrected chi connectivity index (χ1v) is 12.4. The third-order valence-corrected chi connectivity index (χ3v) is 7.06. The lowest BCUT2D eigenvalue weighted by molar-refractivity contribution is 0.0747. The second kappa shape index (κ2) is 10.5. The van der Waals surface area contributed by atoms with Crippen LogP contribution in [0.4, 0.5) is 4.39 Å². The molecule has 0 saturated heterocycles. The number of nitrogens with zero attached hydrogens (tertiary/aromatic N) is 3. The van der Waals surface area contributed by atoms with Crippen molar-refractivity contribution in [2.75, 3.05) is 7.11 Å². The number of carbonyl (C=O) groups excluding carboxylic acids is 1. The number of benzene rings is 3. The van der Waals surface area contributed by atoms with Gasteiger partial charge < -0.3 is 14.0 Å². The van der Waals surface area contributed by atoms with Crippen LogP contribution >= 0.6 is 11.8 Å². The number of aryl methyl sites for hydroxylation is 2. The summed E-state index contributed by atoms with van der Waals surface area (Å²) in [7, 11) is 1.55. The molecule has 0 radical (unpaired) electrons. The van der Waals surface area contributed by atoms with Gasteiger partial charge in [0.2, 0.25) is 0 Å². The van der Waals surface area contributed by atoms with Crippen LogP contribution in [0.25, 0.3) is 0 Å². The van der Waals surface area contributed by atoms with Crippen LogP contribution in [-0.4, -0.2) is 28.2 Å². The lowest BCUT2D eigenvalue weighted by atomic mass is 10.1. The van der Waals surface area contributed by atoms with Crippen LogP contribution in [0.5, 0.6) is 11.5 Å². The summed E-state index contributed by atoms with van der Waals surface area (Å²) in [6, 6.07) is 20.7. The molecule has 37 heavy (non-hydrogen) atoms. The van der Waals surface area contributed by atoms with Gasteiger partial charge in [-0.3, -0.25) is 4.79 Å². The van der Waals surface area contributed by atoms with E-state index in [1.165, 1.54) is 28.9 Å². The summed E-state index contributed by atoms with van der Waals surface area (Å²) in [4.78, 5) is 13.7. The van der Waals surface area contributed by atoms with E-state index >= 15 is 0 Å². The van der Waals surface area contributed by atoms with Crippen molar-refractivity contribution >= 4 is 22.7 Å². The fraction of sp³-hybridized carbons (Fsp3) is 0.179. The van der Waals surface area contributed by atoms with Crippen molar-refractivity contribution in [3.63, 3.8) is 0 Å². The Hall–Kier alpha value is -4.11. The van der Waals surface area contributed by atoms with E-state index in [2.05, 4.69) is 10.3 Å². The van der Waals surface area contributed by atoms with E-state index in [4.69, 9.17) is 14.0 Å². The topological polar surface area (TPSA) is 77.2 Å². The number of ether oxygens (including phenoxy) is 2. The summed E-state index contributed by atoms with van der Waals surface area (Å²) in [5.41, 5.74) is 3.57. The van der Waals surface area contributed by atoms with Gasteiger partial charge in [-0.15, -0.1) is 0 Å². The van der Waals surface area contributed by atoms with Crippen LogP contribution < -0.4 is 9.47 Å². The van der Waals surface area contributed by atoms with E-state index in [0.29, 0.717) is 39.0 Å². The molecule has 0 N–H and O–H groups in total. The van der Waals surface area contributed by atoms with E-state index in [-0.39, 0.29) is 18.3 Å². The first-order chi connectivity index (χ1) is 17.9. The Morgan fingerprint density at radius 3 is 2.57 bits per heavy atom. The van der Waals surface area contributed by atoms with Crippen molar-refractivity contribution < 1.29 is 23.2 Å². The predicted molar refractivity (Wildman–Crippen MR) is 139 cm³/mol. The number of hydrogen-bond acceptors (Lipinski definition) is 7. The largest absolute Gasteiger partial charge is 0.492 e. The summed E-state index contributed by atoms with van der Waals surface area (Å²) in [6.45, 7) is 3.89. The number of halogens is 1. The number of thioether (sulfide) groups is 1. The zero-order valence-corrected chi connectivity index (χ0v) is 21.3. The van der Waals surface area contributed by atoms with Gasteiger partial charge in [-0.05, 0) is 55.8 Å². The normalized spacial score (nSPS) is 15.0. The van der Waals surface area contributed by atoms with Crippen LogP contribution in [0, 0.1) is 19.7 Å². The molecule has 9 heteroatoms. The molecular weight excluding hydrogens is 493 g/mol. The van der Waals surface area contributed by atoms with Crippen molar-refractivity contribution in [3.05, 3.63) is 112 Å². The molecule has 1 aliphatic heterocycles. The first kappa shape index (κ1) is 24.6. The highest BCUT2D eigenvalue weighted by molar-refractivity contribution is 8.14. The number of hydrazone groups is 1. The SMILES string of the molecule is COc1c(OCc2cc(C)no2)cccc1C1SC(c2ccc(F)cc2)=NN1C(=O)c1ccccc1C. The molecule has 1 unspecified atom stereocenters. The van der Waals surface area contributed by atoms with E-state index < -0.39 is 5.37 Å². The number of aromatic nitrogens is 1. The maximum absolute atomic E-state index is 13.7. The number of carbonyl (C=O) groups is 1. The molecule has 1 atom stereocenters. The van der Waals surface area contributed by atoms with Crippen LogP contribution in [-0.2, 0) is 6.61 Å². The molecule has 0 aliphatic carbocycles. The van der Waals surface area contributed by atoms with Gasteiger partial charge in [0.15, 0.2) is 17.3 Å². The second-order valence-electron chi connectivity index (χ2n) is 8.45. The van der Waals surface area contributed by atoms with Crippen molar-refractivity contribution in [2.24, 2.45) is 5.10 Å². The van der Waals surface area contributed by atoms with Crippen molar-refractivity contribution in [3.8, 4) is 11.5 Å². The highest BCUT2D eigenvalue weighted by atomic mass is 32.2. The second-order valence-corrected chi connectivity index (χ2v) is 9.52. The molecular formula is C28H24FN3O4S. The van der Waals surface area contributed by atoms with Gasteiger partial charge >= 0.3 is 0 Å². The quantitative estimate of drug-likeness (QED) is 0.288. The number of rotatable bonds is 7. The Balaban J connectivity index is 1.52. The summed E-state index contributed by atoms with van der Waals surface area (Å²) < 4.78 is 30.6. The predicted octanol–water partition coefficient (Wildman–Crippen LogP) is 6.27. The standard InChI is InChI=1S/C28H24FN3O4S/c1-17-7-4-5-8-22(17)27(33)32-28(37-26(30-32)19-11-13-20(29)14-12-19)23-9-6-10-24(25(23)34-3)35-16-21-15-18(2)31-36-21/h4-15,28H,16H2,1-3H3. The molecule has 1 aromatic heterocycles. The highest BCUT2D eigenvalue weighted by Crippen LogP contribution is 2.47. The highest BCUT2D eigenvalue weighted by Gasteiger charge is 2.37. The Labute approximate surface area is 217 Å². The molecule has 5 rings (SSSR count). The maximum Gasteiger partial charge on any atom is 0.275 e. The third kappa shape index (κ3) is 5.08. The fourth-order valence-electron chi connectivity index (χ4n) is 4.02. The molecule has 1 aliphatic rings. The molecule has 7 nitrogen and oxygen atoms in total. The molecule has 2 heterocycles. The van der Waals surface area contributed by atoms with Crippen molar-refractivity contribution in [2.45, 2.75) is 25.8 Å². The van der Waals surface area contributed by atoms with Crippen molar-refractivity contribution in [1.29, 1.82) is 0 Å². The number of amides is 1. The summed E-state index contributed by atoms with van der Waals surface area (Å²) in [5, 5.41) is 10.1. The minimum atomic E-state index is -0.543. The molecule has 3 aromatic carbocycles. The molecule has 4 aromatic rings. The van der Waals surface area contributed by atoms with E-state index in [9.17, 15) is 9.18 Å². The fourth-order valence-corrected chi connectivity index (χ4v) is 5.20. The number of methoxy groups -OCH3 is 1. The average Bonchev–Trinajstić information content (AvgIpc) is 3.54. The van der Waals surface area contributed by atoms with Gasteiger partial charge in [0.25, 0.3) is 5.91 Å². The van der Waals surface area contributed by atoms with Gasteiger partial charge in [0.1, 0.15) is 22.8 Å². The Bertz CT molecular complexity index is 1470. The average molecular weight is 518 g/mol. The monoisotopic (exact) mass is 517 g/mol. The lowest BCUT2D eigenvalue weighted by Crippen LogP contribution is -2.27. The maximum atomic E-state index is 13.7. The van der Waals surface area contributed by atoms with Gasteiger partial charge in [-0.25, -0.2) is 9.40 Å². The van der Waals surface area contributed by atoms with Gasteiger partial charge in [0, 0.05) is 22.8 Å². The van der Waals surface area contributed by atoms with E-state index in [0.717, 1.165) is 11.3 Å². The molecule has 1 amide bonds. The Kier molecular flexibility index (Phi) is 6.96. The van der Waals surface area contributed by atoms with Crippen LogP contribution in [0.2, 0.25) is 0 Å². The first-order valence-electron chi connectivity index (χ1n) is 11.6. The molecule has 0 spiro atoms. The lowest BCUT2D eigenvalue weighted by Gasteiger charge is -2.24. The number of para-hydroxylation sites is 1. The van der Waals surface area contributed by atoms with E-state index in [1.54, 1.807) is 37.4 Å². The molecule has 188 valence electrons. The number of hydrogen-bond donors (Lipinski definition) is 0. The van der Waals surface area contributed by atoms with Gasteiger partial charge in [-0.1, -0.05) is 47.3 Å². The van der Waals surface area contributed by atoms with Crippen LogP contribution in [0.1, 0.15) is 43.9 Å². The van der Waals surface area contributed by atoms with Crippen LogP contribution in [0.3, 0.4) is 0 Å². The minimum Gasteiger partial charge on any atom is -0.492 e. The Morgan fingerprint density at radius 2 is 1.86 bits per heavy atom. The van der Waals surface area contributed by atoms with Gasteiger partial charge in [0.05, 0.1) is 12.8 Å². The zero-order valence-electron chi connectivity index (χ0n) is 20.5. The van der Waals surface area contributed by atoms with Crippen molar-refractivity contribution in [1.82, 2.24) is 10.2 Å². The Morgan fingerprint density at radius 1 is 1.08 bits per heavy atom. The van der Waals surface area contributed by atoms with E-state index in [1.807, 2.05) is 44.2 Å².